The maximum absolute atomic E-state index is 5.58. The summed E-state index contributed by atoms with van der Waals surface area (Å²) >= 11 is 0. The van der Waals surface area contributed by atoms with Gasteiger partial charge in [0.15, 0.2) is 5.96 Å². The number of nitrogens with zero attached hydrogens (tertiary/aromatic N) is 3. The maximum Gasteiger partial charge on any atom is 0.190 e. The molecule has 6 nitrogen and oxygen atoms in total. The van der Waals surface area contributed by atoms with Crippen molar-refractivity contribution in [3.05, 3.63) is 17.5 Å². The molecule has 1 atom stereocenters. The Bertz CT molecular complexity index is 502. The zero-order valence-corrected chi connectivity index (χ0v) is 19.0. The summed E-state index contributed by atoms with van der Waals surface area (Å²) in [6, 6.07) is 2.11. The van der Waals surface area contributed by atoms with Gasteiger partial charge in [-0.15, -0.1) is 24.0 Å². The molecule has 1 aromatic heterocycles. The van der Waals surface area contributed by atoms with Crippen LogP contribution in [0.25, 0.3) is 0 Å². The van der Waals surface area contributed by atoms with Crippen molar-refractivity contribution >= 4 is 29.9 Å². The van der Waals surface area contributed by atoms with E-state index in [4.69, 9.17) is 4.74 Å². The molecular formula is C18H36IN5O. The topological polar surface area (TPSA) is 63.5 Å². The molecule has 0 spiro atoms. The number of aliphatic imine (C=N–C) groups is 1. The van der Waals surface area contributed by atoms with Gasteiger partial charge in [0.05, 0.1) is 5.69 Å². The van der Waals surface area contributed by atoms with Gasteiger partial charge in [0.2, 0.25) is 0 Å². The van der Waals surface area contributed by atoms with E-state index in [0.29, 0.717) is 11.8 Å². The number of rotatable bonds is 10. The summed E-state index contributed by atoms with van der Waals surface area (Å²) in [6.45, 7) is 14.9. The van der Waals surface area contributed by atoms with Crippen LogP contribution >= 0.6 is 24.0 Å². The van der Waals surface area contributed by atoms with Gasteiger partial charge in [-0.05, 0) is 38.2 Å². The highest BCUT2D eigenvalue weighted by atomic mass is 127. The fourth-order valence-electron chi connectivity index (χ4n) is 2.41. The van der Waals surface area contributed by atoms with Crippen molar-refractivity contribution in [3.8, 4) is 0 Å². The van der Waals surface area contributed by atoms with Crippen LogP contribution in [0.4, 0.5) is 0 Å². The van der Waals surface area contributed by atoms with E-state index in [-0.39, 0.29) is 24.0 Å². The third-order valence-corrected chi connectivity index (χ3v) is 3.64. The molecule has 0 aliphatic heterocycles. The summed E-state index contributed by atoms with van der Waals surface area (Å²) in [4.78, 5) is 4.27. The Hall–Kier alpha value is -0.830. The zero-order chi connectivity index (χ0) is 17.9. The Morgan fingerprint density at radius 3 is 2.56 bits per heavy atom. The second-order valence-electron chi connectivity index (χ2n) is 6.92. The van der Waals surface area contributed by atoms with Gasteiger partial charge in [-0.3, -0.25) is 9.67 Å². The minimum atomic E-state index is 0. The largest absolute Gasteiger partial charge is 0.381 e. The lowest BCUT2D eigenvalue weighted by Gasteiger charge is -2.17. The van der Waals surface area contributed by atoms with Crippen LogP contribution in [-0.4, -0.2) is 49.1 Å². The van der Waals surface area contributed by atoms with Gasteiger partial charge in [0.1, 0.15) is 0 Å². The van der Waals surface area contributed by atoms with E-state index in [1.165, 1.54) is 5.69 Å². The zero-order valence-electron chi connectivity index (χ0n) is 16.6. The Morgan fingerprint density at radius 2 is 2.00 bits per heavy atom. The first kappa shape index (κ1) is 24.2. The van der Waals surface area contributed by atoms with Gasteiger partial charge < -0.3 is 15.4 Å². The van der Waals surface area contributed by atoms with Gasteiger partial charge in [-0.1, -0.05) is 20.8 Å². The predicted molar refractivity (Wildman–Crippen MR) is 116 cm³/mol. The monoisotopic (exact) mass is 465 g/mol. The molecule has 1 aromatic rings. The minimum absolute atomic E-state index is 0. The van der Waals surface area contributed by atoms with Crippen molar-refractivity contribution in [1.82, 2.24) is 20.4 Å². The Kier molecular flexibility index (Phi) is 12.9. The van der Waals surface area contributed by atoms with E-state index >= 15 is 0 Å². The summed E-state index contributed by atoms with van der Waals surface area (Å²) < 4.78 is 7.65. The molecule has 0 aromatic carbocycles. The fourth-order valence-corrected chi connectivity index (χ4v) is 2.41. The van der Waals surface area contributed by atoms with Crippen molar-refractivity contribution in [2.24, 2.45) is 16.8 Å². The summed E-state index contributed by atoms with van der Waals surface area (Å²) in [5, 5.41) is 11.2. The van der Waals surface area contributed by atoms with Crippen molar-refractivity contribution in [3.63, 3.8) is 0 Å². The minimum Gasteiger partial charge on any atom is -0.381 e. The quantitative estimate of drug-likeness (QED) is 0.242. The molecule has 0 saturated carbocycles. The van der Waals surface area contributed by atoms with E-state index in [1.807, 2.05) is 6.92 Å². The number of hydrogen-bond acceptors (Lipinski definition) is 3. The molecule has 0 bridgehead atoms. The molecule has 0 amide bonds. The van der Waals surface area contributed by atoms with E-state index in [9.17, 15) is 0 Å². The van der Waals surface area contributed by atoms with Gasteiger partial charge in [-0.2, -0.15) is 5.10 Å². The average molecular weight is 465 g/mol. The van der Waals surface area contributed by atoms with Gasteiger partial charge in [0, 0.05) is 45.6 Å². The number of aromatic nitrogens is 2. The summed E-state index contributed by atoms with van der Waals surface area (Å²) in [5.74, 6) is 1.91. The van der Waals surface area contributed by atoms with Crippen LogP contribution in [0.15, 0.2) is 11.1 Å². The first-order valence-electron chi connectivity index (χ1n) is 8.95. The lowest BCUT2D eigenvalue weighted by atomic mass is 10.2. The van der Waals surface area contributed by atoms with Gasteiger partial charge >= 0.3 is 0 Å². The van der Waals surface area contributed by atoms with Gasteiger partial charge in [-0.25, -0.2) is 0 Å². The predicted octanol–water partition coefficient (Wildman–Crippen LogP) is 2.98. The Morgan fingerprint density at radius 1 is 1.28 bits per heavy atom. The molecule has 0 aliphatic carbocycles. The number of aryl methyl sites for hydroxylation is 2. The molecule has 0 saturated heterocycles. The van der Waals surface area contributed by atoms with Crippen LogP contribution in [0.3, 0.4) is 0 Å². The lowest BCUT2D eigenvalue weighted by Crippen LogP contribution is -2.40. The summed E-state index contributed by atoms with van der Waals surface area (Å²) in [5.41, 5.74) is 2.29. The van der Waals surface area contributed by atoms with Crippen LogP contribution in [0, 0.1) is 25.7 Å². The highest BCUT2D eigenvalue weighted by molar-refractivity contribution is 14.0. The number of hydrogen-bond donors (Lipinski definition) is 2. The van der Waals surface area contributed by atoms with E-state index < -0.39 is 0 Å². The number of halogens is 1. The molecule has 0 fully saturated rings. The van der Waals surface area contributed by atoms with Crippen LogP contribution in [-0.2, 0) is 11.3 Å². The number of ether oxygens (including phenoxy) is 1. The van der Waals surface area contributed by atoms with E-state index in [2.05, 4.69) is 59.2 Å². The SMILES string of the molecule is CN=C(NCCCOCC(C)C)NCC(C)Cn1nc(C)cc1C.I. The third kappa shape index (κ3) is 10.7. The van der Waals surface area contributed by atoms with Crippen LogP contribution in [0.5, 0.6) is 0 Å². The Balaban J connectivity index is 0.00000576. The second-order valence-corrected chi connectivity index (χ2v) is 6.92. The van der Waals surface area contributed by atoms with Crippen molar-refractivity contribution < 1.29 is 4.74 Å². The standard InChI is InChI=1S/C18H35N5O.HI/c1-14(2)13-24-9-7-8-20-18(19-6)21-11-15(3)12-23-17(5)10-16(4)22-23;/h10,14-15H,7-9,11-13H2,1-6H3,(H2,19,20,21);1H. The first-order valence-corrected chi connectivity index (χ1v) is 8.95. The third-order valence-electron chi connectivity index (χ3n) is 3.64. The smallest absolute Gasteiger partial charge is 0.190 e. The molecule has 1 unspecified atom stereocenters. The van der Waals surface area contributed by atoms with Crippen molar-refractivity contribution in [1.29, 1.82) is 0 Å². The lowest BCUT2D eigenvalue weighted by molar-refractivity contribution is 0.108. The molecular weight excluding hydrogens is 429 g/mol. The van der Waals surface area contributed by atoms with Gasteiger partial charge in [0.25, 0.3) is 0 Å². The second kappa shape index (κ2) is 13.4. The average Bonchev–Trinajstić information content (AvgIpc) is 2.83. The molecule has 2 N–H and O–H groups in total. The molecule has 1 rings (SSSR count). The first-order chi connectivity index (χ1) is 11.4. The normalized spacial score (nSPS) is 12.8. The summed E-state index contributed by atoms with van der Waals surface area (Å²) in [7, 11) is 1.80. The Labute approximate surface area is 170 Å². The molecule has 7 heteroatoms. The van der Waals surface area contributed by atoms with Crippen LogP contribution < -0.4 is 10.6 Å². The molecule has 25 heavy (non-hydrogen) atoms. The maximum atomic E-state index is 5.58. The fraction of sp³-hybridized carbons (Fsp3) is 0.778. The summed E-state index contributed by atoms with van der Waals surface area (Å²) in [6.07, 6.45) is 0.981. The highest BCUT2D eigenvalue weighted by Gasteiger charge is 2.08. The molecule has 0 aliphatic rings. The number of nitrogens with one attached hydrogen (secondary N) is 2. The molecule has 146 valence electrons. The van der Waals surface area contributed by atoms with Crippen LogP contribution in [0.2, 0.25) is 0 Å². The van der Waals surface area contributed by atoms with E-state index in [1.54, 1.807) is 7.05 Å². The van der Waals surface area contributed by atoms with E-state index in [0.717, 1.165) is 50.9 Å². The van der Waals surface area contributed by atoms with Crippen molar-refractivity contribution in [2.45, 2.75) is 47.6 Å². The highest BCUT2D eigenvalue weighted by Crippen LogP contribution is 2.05. The van der Waals surface area contributed by atoms with Crippen LogP contribution in [0.1, 0.15) is 38.6 Å². The van der Waals surface area contributed by atoms with Crippen molar-refractivity contribution in [2.75, 3.05) is 33.4 Å². The number of guanidine groups is 1. The molecule has 1 heterocycles. The molecule has 0 radical (unpaired) electrons.